The Morgan fingerprint density at radius 2 is 1.96 bits per heavy atom. The molecule has 0 saturated carbocycles. The highest BCUT2D eigenvalue weighted by Crippen LogP contribution is 2.51. The lowest BCUT2D eigenvalue weighted by Crippen LogP contribution is -2.50. The molecule has 1 saturated heterocycles. The number of nitrogens with zero attached hydrogens (tertiary/aromatic N) is 1. The van der Waals surface area contributed by atoms with Gasteiger partial charge in [-0.3, -0.25) is 0 Å². The second kappa shape index (κ2) is 5.76. The van der Waals surface area contributed by atoms with Gasteiger partial charge in [0.05, 0.1) is 22.1 Å². The third-order valence-electron chi connectivity index (χ3n) is 5.24. The van der Waals surface area contributed by atoms with E-state index in [2.05, 4.69) is 4.90 Å². The van der Waals surface area contributed by atoms with Crippen LogP contribution >= 0.6 is 0 Å². The van der Waals surface area contributed by atoms with Crippen LogP contribution < -0.4 is 9.47 Å². The molecule has 23 heavy (non-hydrogen) atoms. The van der Waals surface area contributed by atoms with Crippen LogP contribution in [0.4, 0.5) is 0 Å². The van der Waals surface area contributed by atoms with Crippen LogP contribution in [0.25, 0.3) is 0 Å². The van der Waals surface area contributed by atoms with E-state index >= 15 is 0 Å². The zero-order valence-corrected chi connectivity index (χ0v) is 13.7. The highest BCUT2D eigenvalue weighted by molar-refractivity contribution is 6.13. The van der Waals surface area contributed by atoms with E-state index < -0.39 is 17.3 Å². The lowest BCUT2D eigenvalue weighted by atomic mass is 9.59. The van der Waals surface area contributed by atoms with E-state index in [0.29, 0.717) is 11.5 Å². The first-order valence-corrected chi connectivity index (χ1v) is 7.72. The molecule has 0 aromatic heterocycles. The van der Waals surface area contributed by atoms with Gasteiger partial charge in [0.2, 0.25) is 0 Å². The predicted octanol–water partition coefficient (Wildman–Crippen LogP) is 1.42. The topological polar surface area (TPSA) is 62.2 Å². The van der Waals surface area contributed by atoms with E-state index in [0.717, 1.165) is 18.5 Å². The minimum Gasteiger partial charge on any atom is -0.510 e. The number of rotatable bonds is 3. The van der Waals surface area contributed by atoms with Gasteiger partial charge in [0.1, 0.15) is 11.9 Å². The first kappa shape index (κ1) is 16.2. The van der Waals surface area contributed by atoms with Gasteiger partial charge in [-0.05, 0) is 49.6 Å². The minimum absolute atomic E-state index is 0.0566. The van der Waals surface area contributed by atoms with E-state index in [9.17, 15) is 10.2 Å². The zero-order chi connectivity index (χ0) is 16.8. The fraction of sp³-hybridized carbons (Fsp3) is 0.529. The van der Waals surface area contributed by atoms with E-state index in [-0.39, 0.29) is 11.8 Å². The van der Waals surface area contributed by atoms with Crippen LogP contribution in [0.3, 0.4) is 0 Å². The van der Waals surface area contributed by atoms with Crippen molar-refractivity contribution in [3.8, 4) is 11.5 Å². The van der Waals surface area contributed by atoms with Gasteiger partial charge in [-0.15, -0.1) is 0 Å². The minimum atomic E-state index is -1.03. The van der Waals surface area contributed by atoms with Gasteiger partial charge in [-0.1, -0.05) is 6.07 Å². The normalized spacial score (nSPS) is 33.9. The standard InChI is InChI=1S/C17H22BNO4/c1-19-7-6-17(9-11(20)15(21)14(18)16(17)19)10-4-5-12(22-2)13(8-10)23-3/h4-5,8-9,14-16,20-21H,6-7H2,1-3H3/t14?,15?,16?,17-/m1/s1. The number of hydrogen-bond acceptors (Lipinski definition) is 5. The van der Waals surface area contributed by atoms with Crippen LogP contribution in [0.1, 0.15) is 12.0 Å². The summed E-state index contributed by atoms with van der Waals surface area (Å²) in [6, 6.07) is 5.67. The van der Waals surface area contributed by atoms with E-state index in [1.807, 2.05) is 25.2 Å². The van der Waals surface area contributed by atoms with Crippen molar-refractivity contribution in [2.45, 2.75) is 29.8 Å². The van der Waals surface area contributed by atoms with Gasteiger partial charge in [0.25, 0.3) is 0 Å². The molecule has 1 aromatic carbocycles. The van der Waals surface area contributed by atoms with Crippen molar-refractivity contribution in [3.05, 3.63) is 35.6 Å². The number of methoxy groups -OCH3 is 2. The first-order chi connectivity index (χ1) is 10.9. The Hall–Kier alpha value is -1.66. The Morgan fingerprint density at radius 1 is 1.26 bits per heavy atom. The van der Waals surface area contributed by atoms with Crippen molar-refractivity contribution >= 4 is 7.85 Å². The molecule has 2 aliphatic rings. The molecule has 6 heteroatoms. The molecule has 2 N–H and O–H groups in total. The number of aliphatic hydroxyl groups is 2. The number of aliphatic hydroxyl groups excluding tert-OH is 2. The lowest BCUT2D eigenvalue weighted by molar-refractivity contribution is 0.0889. The summed E-state index contributed by atoms with van der Waals surface area (Å²) in [6.45, 7) is 0.837. The summed E-state index contributed by atoms with van der Waals surface area (Å²) in [5, 5.41) is 20.3. The summed E-state index contributed by atoms with van der Waals surface area (Å²) in [6.07, 6.45) is 1.54. The molecule has 2 radical (unpaired) electrons. The Labute approximate surface area is 137 Å². The highest BCUT2D eigenvalue weighted by atomic mass is 16.5. The number of likely N-dealkylation sites (tertiary alicyclic amines) is 1. The quantitative estimate of drug-likeness (QED) is 0.826. The van der Waals surface area contributed by atoms with E-state index in [1.54, 1.807) is 20.3 Å². The van der Waals surface area contributed by atoms with Gasteiger partial charge >= 0.3 is 0 Å². The van der Waals surface area contributed by atoms with Crippen LogP contribution in [0.2, 0.25) is 5.82 Å². The summed E-state index contributed by atoms with van der Waals surface area (Å²) in [5.74, 6) is 0.684. The van der Waals surface area contributed by atoms with Crippen LogP contribution in [0.5, 0.6) is 11.5 Å². The van der Waals surface area contributed by atoms with Gasteiger partial charge in [-0.25, -0.2) is 0 Å². The monoisotopic (exact) mass is 315 g/mol. The van der Waals surface area contributed by atoms with Crippen molar-refractivity contribution in [1.29, 1.82) is 0 Å². The van der Waals surface area contributed by atoms with E-state index in [1.165, 1.54) is 0 Å². The second-order valence-electron chi connectivity index (χ2n) is 6.38. The molecule has 3 unspecified atom stereocenters. The summed E-state index contributed by atoms with van der Waals surface area (Å²) < 4.78 is 10.7. The maximum absolute atomic E-state index is 10.2. The molecule has 5 nitrogen and oxygen atoms in total. The third-order valence-corrected chi connectivity index (χ3v) is 5.24. The van der Waals surface area contributed by atoms with E-state index in [4.69, 9.17) is 17.3 Å². The Morgan fingerprint density at radius 3 is 2.61 bits per heavy atom. The lowest BCUT2D eigenvalue weighted by Gasteiger charge is -2.45. The maximum Gasteiger partial charge on any atom is 0.161 e. The number of likely N-dealkylation sites (N-methyl/N-ethyl adjacent to an activating group) is 1. The summed E-state index contributed by atoms with van der Waals surface area (Å²) in [5.41, 5.74) is 0.551. The van der Waals surface area contributed by atoms with Crippen LogP contribution in [0.15, 0.2) is 30.0 Å². The smallest absolute Gasteiger partial charge is 0.161 e. The molecule has 1 aliphatic heterocycles. The largest absolute Gasteiger partial charge is 0.510 e. The van der Waals surface area contributed by atoms with Crippen molar-refractivity contribution in [2.75, 3.05) is 27.8 Å². The number of benzene rings is 1. The summed E-state index contributed by atoms with van der Waals surface area (Å²) in [7, 11) is 11.4. The second-order valence-corrected chi connectivity index (χ2v) is 6.38. The van der Waals surface area contributed by atoms with Crippen molar-refractivity contribution in [1.82, 2.24) is 4.90 Å². The zero-order valence-electron chi connectivity index (χ0n) is 13.7. The van der Waals surface area contributed by atoms with Gasteiger partial charge in [-0.2, -0.15) is 0 Å². The maximum atomic E-state index is 10.2. The molecule has 1 aromatic rings. The SMILES string of the molecule is [B]C1C(O)C(O)=C[C@@]2(c3ccc(OC)c(OC)c3)CCN(C)C12. The van der Waals surface area contributed by atoms with Gasteiger partial charge in [0.15, 0.2) is 11.5 Å². The average Bonchev–Trinajstić information content (AvgIpc) is 2.89. The van der Waals surface area contributed by atoms with Gasteiger partial charge < -0.3 is 24.6 Å². The third kappa shape index (κ3) is 2.32. The molecular formula is C17H22BNO4. The van der Waals surface area contributed by atoms with Crippen LogP contribution in [-0.2, 0) is 5.41 Å². The van der Waals surface area contributed by atoms with Crippen LogP contribution in [0, 0.1) is 0 Å². The molecule has 0 bridgehead atoms. The fourth-order valence-corrected chi connectivity index (χ4v) is 4.08. The predicted molar refractivity (Wildman–Crippen MR) is 88.5 cm³/mol. The Kier molecular flexibility index (Phi) is 4.06. The molecule has 1 fully saturated rings. The first-order valence-electron chi connectivity index (χ1n) is 7.72. The fourth-order valence-electron chi connectivity index (χ4n) is 4.08. The average molecular weight is 315 g/mol. The molecule has 1 aliphatic carbocycles. The number of hydrogen-bond donors (Lipinski definition) is 2. The highest BCUT2D eigenvalue weighted by Gasteiger charge is 2.53. The molecule has 0 amide bonds. The molecule has 122 valence electrons. The Balaban J connectivity index is 2.15. The number of ether oxygens (including phenoxy) is 2. The molecule has 1 heterocycles. The number of fused-ring (bicyclic) bond motifs is 1. The molecule has 0 spiro atoms. The van der Waals surface area contributed by atoms with Gasteiger partial charge in [0, 0.05) is 11.5 Å². The van der Waals surface area contributed by atoms with Crippen molar-refractivity contribution in [2.24, 2.45) is 0 Å². The van der Waals surface area contributed by atoms with Crippen LogP contribution in [-0.4, -0.2) is 62.9 Å². The summed E-state index contributed by atoms with van der Waals surface area (Å²) in [4.78, 5) is 2.15. The summed E-state index contributed by atoms with van der Waals surface area (Å²) >= 11 is 0. The van der Waals surface area contributed by atoms with Crippen molar-refractivity contribution in [3.63, 3.8) is 0 Å². The molecule has 3 rings (SSSR count). The molecular weight excluding hydrogens is 293 g/mol. The Bertz CT molecular complexity index is 635. The van der Waals surface area contributed by atoms with Crippen molar-refractivity contribution < 1.29 is 19.7 Å². The molecule has 4 atom stereocenters.